The van der Waals surface area contributed by atoms with Crippen molar-refractivity contribution in [3.8, 4) is 0 Å². The van der Waals surface area contributed by atoms with Gasteiger partial charge in [-0.1, -0.05) is 0 Å². The predicted molar refractivity (Wildman–Crippen MR) is 74.7 cm³/mol. The first-order chi connectivity index (χ1) is 9.79. The largest absolute Gasteiger partial charge is 0.467 e. The van der Waals surface area contributed by atoms with E-state index in [1.54, 1.807) is 30.9 Å². The number of amides is 1. The molecule has 20 heavy (non-hydrogen) atoms. The summed E-state index contributed by atoms with van der Waals surface area (Å²) in [6.07, 6.45) is 5.38. The number of rotatable bonds is 3. The fourth-order valence-corrected chi connectivity index (χ4v) is 2.52. The second kappa shape index (κ2) is 5.46. The maximum absolute atomic E-state index is 12.6. The average molecular weight is 275 g/mol. The van der Waals surface area contributed by atoms with Gasteiger partial charge in [0, 0.05) is 6.54 Å². The molecule has 2 aliphatic heterocycles. The molecule has 0 saturated carbocycles. The van der Waals surface area contributed by atoms with Crippen molar-refractivity contribution in [1.82, 2.24) is 15.5 Å². The molecule has 0 aromatic carbocycles. The first-order valence-electron chi connectivity index (χ1n) is 6.61. The Kier molecular flexibility index (Phi) is 3.51. The minimum Gasteiger partial charge on any atom is -0.467 e. The number of likely N-dealkylation sites (N-methyl/N-ethyl adjacent to an activating group) is 1. The Labute approximate surface area is 116 Å². The number of furan rings is 1. The molecule has 7 nitrogen and oxygen atoms in total. The third-order valence-corrected chi connectivity index (χ3v) is 3.57. The lowest BCUT2D eigenvalue weighted by Crippen LogP contribution is -2.43. The molecule has 1 unspecified atom stereocenters. The van der Waals surface area contributed by atoms with Gasteiger partial charge in [-0.25, -0.2) is 9.98 Å². The summed E-state index contributed by atoms with van der Waals surface area (Å²) in [5.74, 6) is 0.724. The highest BCUT2D eigenvalue weighted by molar-refractivity contribution is 5.84. The van der Waals surface area contributed by atoms with Crippen molar-refractivity contribution >= 4 is 18.6 Å². The number of hydrogen-bond donors (Lipinski definition) is 2. The van der Waals surface area contributed by atoms with E-state index < -0.39 is 6.04 Å². The van der Waals surface area contributed by atoms with E-state index in [-0.39, 0.29) is 12.1 Å². The van der Waals surface area contributed by atoms with Crippen molar-refractivity contribution < 1.29 is 9.21 Å². The molecule has 0 radical (unpaired) electrons. The minimum atomic E-state index is -0.433. The quantitative estimate of drug-likeness (QED) is 0.808. The molecule has 106 valence electrons. The van der Waals surface area contributed by atoms with Gasteiger partial charge in [-0.3, -0.25) is 4.79 Å². The molecular weight excluding hydrogens is 258 g/mol. The summed E-state index contributed by atoms with van der Waals surface area (Å²) in [5.41, 5.74) is 1.08. The summed E-state index contributed by atoms with van der Waals surface area (Å²) in [4.78, 5) is 22.8. The molecule has 3 heterocycles. The molecule has 0 saturated heterocycles. The minimum absolute atomic E-state index is 0.00475. The van der Waals surface area contributed by atoms with Crippen molar-refractivity contribution in [1.29, 1.82) is 0 Å². The highest BCUT2D eigenvalue weighted by Crippen LogP contribution is 2.25. The summed E-state index contributed by atoms with van der Waals surface area (Å²) in [6.45, 7) is 1.13. The summed E-state index contributed by atoms with van der Waals surface area (Å²) >= 11 is 0. The topological polar surface area (TPSA) is 82.2 Å². The van der Waals surface area contributed by atoms with E-state index in [4.69, 9.17) is 4.42 Å². The fraction of sp³-hybridized carbons (Fsp3) is 0.462. The van der Waals surface area contributed by atoms with Crippen molar-refractivity contribution in [3.63, 3.8) is 0 Å². The van der Waals surface area contributed by atoms with E-state index in [0.717, 1.165) is 17.7 Å². The van der Waals surface area contributed by atoms with Gasteiger partial charge in [0.25, 0.3) is 0 Å². The van der Waals surface area contributed by atoms with Crippen molar-refractivity contribution in [2.45, 2.75) is 18.6 Å². The van der Waals surface area contributed by atoms with Gasteiger partial charge in [-0.05, 0) is 25.1 Å². The lowest BCUT2D eigenvalue weighted by Gasteiger charge is -2.26. The Bertz CT molecular complexity index is 539. The summed E-state index contributed by atoms with van der Waals surface area (Å²) < 4.78 is 5.47. The summed E-state index contributed by atoms with van der Waals surface area (Å²) in [7, 11) is 1.76. The van der Waals surface area contributed by atoms with Gasteiger partial charge >= 0.3 is 0 Å². The number of hydrogen-bond acceptors (Lipinski definition) is 6. The number of carbonyl (C=O) groups excluding carboxylic acids is 1. The standard InChI is InChI=1S/C13H17N5O2/c1-14-11-12-9(3-5-20-12)2-4-18(13(11)19)6-10-16-7-15-8-17-10/h3,5,7-8,10-11,14H,2,4,6H2,1H3,(H,15,16,17). The Hall–Kier alpha value is -2.15. The molecule has 0 spiro atoms. The molecule has 0 bridgehead atoms. The molecule has 0 fully saturated rings. The third kappa shape index (κ3) is 2.32. The molecule has 2 aliphatic rings. The van der Waals surface area contributed by atoms with Crippen molar-refractivity contribution in [3.05, 3.63) is 23.7 Å². The molecule has 0 aliphatic carbocycles. The van der Waals surface area contributed by atoms with Crippen LogP contribution in [0.4, 0.5) is 0 Å². The second-order valence-corrected chi connectivity index (χ2v) is 4.77. The van der Waals surface area contributed by atoms with Crippen LogP contribution in [0.2, 0.25) is 0 Å². The van der Waals surface area contributed by atoms with E-state index in [0.29, 0.717) is 13.1 Å². The summed E-state index contributed by atoms with van der Waals surface area (Å²) in [5, 5.41) is 5.82. The number of carbonyl (C=O) groups is 1. The molecule has 7 heteroatoms. The first-order valence-corrected chi connectivity index (χ1v) is 6.61. The van der Waals surface area contributed by atoms with Crippen LogP contribution < -0.4 is 10.6 Å². The highest BCUT2D eigenvalue weighted by atomic mass is 16.3. The van der Waals surface area contributed by atoms with Crippen LogP contribution in [0.3, 0.4) is 0 Å². The molecule has 1 atom stereocenters. The maximum Gasteiger partial charge on any atom is 0.247 e. The van der Waals surface area contributed by atoms with Crippen LogP contribution in [-0.2, 0) is 11.2 Å². The van der Waals surface area contributed by atoms with Gasteiger partial charge in [0.2, 0.25) is 5.91 Å². The van der Waals surface area contributed by atoms with Gasteiger partial charge in [0.15, 0.2) is 6.17 Å². The lowest BCUT2D eigenvalue weighted by atomic mass is 10.1. The predicted octanol–water partition coefficient (Wildman–Crippen LogP) is -0.0893. The van der Waals surface area contributed by atoms with Crippen molar-refractivity contribution in [2.75, 3.05) is 20.1 Å². The Balaban J connectivity index is 1.78. The van der Waals surface area contributed by atoms with Crippen LogP contribution in [-0.4, -0.2) is 49.8 Å². The molecule has 2 N–H and O–H groups in total. The van der Waals surface area contributed by atoms with Crippen LogP contribution in [0, 0.1) is 0 Å². The average Bonchev–Trinajstić information content (AvgIpc) is 2.89. The molecular formula is C13H17N5O2. The van der Waals surface area contributed by atoms with Gasteiger partial charge in [0.05, 0.1) is 25.5 Å². The van der Waals surface area contributed by atoms with E-state index >= 15 is 0 Å². The third-order valence-electron chi connectivity index (χ3n) is 3.57. The van der Waals surface area contributed by atoms with E-state index in [9.17, 15) is 4.79 Å². The van der Waals surface area contributed by atoms with E-state index in [1.165, 1.54) is 0 Å². The van der Waals surface area contributed by atoms with Crippen LogP contribution in [0.5, 0.6) is 0 Å². The zero-order valence-electron chi connectivity index (χ0n) is 11.2. The first kappa shape index (κ1) is 12.9. The van der Waals surface area contributed by atoms with Gasteiger partial charge in [-0.2, -0.15) is 0 Å². The van der Waals surface area contributed by atoms with Crippen LogP contribution in [0.1, 0.15) is 17.4 Å². The Morgan fingerprint density at radius 2 is 2.30 bits per heavy atom. The van der Waals surface area contributed by atoms with E-state index in [2.05, 4.69) is 20.6 Å². The molecule has 3 rings (SSSR count). The SMILES string of the molecule is CNC1C(=O)N(CC2N=CNC=N2)CCc2ccoc21. The number of nitrogens with one attached hydrogen (secondary N) is 2. The van der Waals surface area contributed by atoms with Crippen molar-refractivity contribution in [2.24, 2.45) is 9.98 Å². The van der Waals surface area contributed by atoms with Crippen LogP contribution in [0.25, 0.3) is 0 Å². The number of fused-ring (bicyclic) bond motifs is 1. The molecule has 1 aromatic heterocycles. The maximum atomic E-state index is 12.6. The molecule has 1 aromatic rings. The van der Waals surface area contributed by atoms with Crippen LogP contribution >= 0.6 is 0 Å². The smallest absolute Gasteiger partial charge is 0.247 e. The van der Waals surface area contributed by atoms with Gasteiger partial charge in [-0.15, -0.1) is 0 Å². The number of nitrogens with zero attached hydrogens (tertiary/aromatic N) is 3. The van der Waals surface area contributed by atoms with Crippen LogP contribution in [0.15, 0.2) is 26.7 Å². The normalized spacial score (nSPS) is 22.6. The lowest BCUT2D eigenvalue weighted by molar-refractivity contribution is -0.133. The Morgan fingerprint density at radius 1 is 1.50 bits per heavy atom. The molecule has 1 amide bonds. The Morgan fingerprint density at radius 3 is 3.05 bits per heavy atom. The zero-order valence-corrected chi connectivity index (χ0v) is 11.2. The second-order valence-electron chi connectivity index (χ2n) is 4.77. The zero-order chi connectivity index (χ0) is 13.9. The fourth-order valence-electron chi connectivity index (χ4n) is 2.52. The highest BCUT2D eigenvalue weighted by Gasteiger charge is 2.33. The monoisotopic (exact) mass is 275 g/mol. The summed E-state index contributed by atoms with van der Waals surface area (Å²) in [6, 6.07) is 1.49. The van der Waals surface area contributed by atoms with E-state index in [1.807, 2.05) is 6.07 Å². The van der Waals surface area contributed by atoms with Gasteiger partial charge in [0.1, 0.15) is 11.8 Å². The van der Waals surface area contributed by atoms with Gasteiger partial charge < -0.3 is 20.0 Å². The number of aliphatic imine (C=N–C) groups is 2.